The Bertz CT molecular complexity index is 752. The van der Waals surface area contributed by atoms with Gasteiger partial charge in [0.25, 0.3) is 0 Å². The van der Waals surface area contributed by atoms with Crippen molar-refractivity contribution in [3.8, 4) is 11.5 Å². The van der Waals surface area contributed by atoms with Gasteiger partial charge in [-0.25, -0.2) is 0 Å². The van der Waals surface area contributed by atoms with Gasteiger partial charge >= 0.3 is 0 Å². The Kier molecular flexibility index (Phi) is 5.31. The van der Waals surface area contributed by atoms with Crippen molar-refractivity contribution in [2.24, 2.45) is 11.5 Å². The van der Waals surface area contributed by atoms with Crippen molar-refractivity contribution in [1.29, 1.82) is 5.41 Å². The number of primary amides is 1. The van der Waals surface area contributed by atoms with E-state index in [4.69, 9.17) is 26.4 Å². The van der Waals surface area contributed by atoms with E-state index >= 15 is 0 Å². The number of amides is 1. The van der Waals surface area contributed by atoms with Crippen molar-refractivity contribution < 1.29 is 14.3 Å². The lowest BCUT2D eigenvalue weighted by atomic mass is 9.80. The standard InChI is InChI=1S/C17H17N3O3.ClH/c18-16(19)14(11-6-7-12-13(8-11)23-9-22-12)15(17(20)21)10-4-2-1-3-5-10;/h1-8,14-15H,9H2,(H3,18,19)(H2,20,21);1H. The van der Waals surface area contributed by atoms with Crippen molar-refractivity contribution >= 4 is 24.1 Å². The highest BCUT2D eigenvalue weighted by Crippen LogP contribution is 2.39. The van der Waals surface area contributed by atoms with E-state index in [-0.39, 0.29) is 25.0 Å². The maximum atomic E-state index is 12.1. The number of hydrogen-bond acceptors (Lipinski definition) is 4. The zero-order valence-electron chi connectivity index (χ0n) is 12.8. The zero-order chi connectivity index (χ0) is 16.4. The highest BCUT2D eigenvalue weighted by atomic mass is 35.5. The number of hydrogen-bond donors (Lipinski definition) is 3. The predicted octanol–water partition coefficient (Wildman–Crippen LogP) is 2.13. The highest BCUT2D eigenvalue weighted by Gasteiger charge is 2.33. The third-order valence-corrected chi connectivity index (χ3v) is 3.89. The van der Waals surface area contributed by atoms with Gasteiger partial charge in [-0.3, -0.25) is 10.2 Å². The van der Waals surface area contributed by atoms with Crippen molar-refractivity contribution in [2.75, 3.05) is 6.79 Å². The van der Waals surface area contributed by atoms with Crippen LogP contribution in [-0.4, -0.2) is 18.5 Å². The van der Waals surface area contributed by atoms with E-state index in [9.17, 15) is 4.79 Å². The first-order valence-corrected chi connectivity index (χ1v) is 7.15. The molecule has 2 atom stereocenters. The normalized spacial score (nSPS) is 14.3. The van der Waals surface area contributed by atoms with Gasteiger partial charge in [-0.05, 0) is 23.3 Å². The molecule has 0 saturated carbocycles. The third kappa shape index (κ3) is 3.28. The summed E-state index contributed by atoms with van der Waals surface area (Å²) in [7, 11) is 0. The Morgan fingerprint density at radius 3 is 2.25 bits per heavy atom. The van der Waals surface area contributed by atoms with Crippen LogP contribution in [0.5, 0.6) is 11.5 Å². The maximum absolute atomic E-state index is 12.1. The number of benzene rings is 2. The smallest absolute Gasteiger partial charge is 0.231 e. The van der Waals surface area contributed by atoms with Crippen LogP contribution in [0, 0.1) is 5.41 Å². The van der Waals surface area contributed by atoms with Crippen molar-refractivity contribution in [2.45, 2.75) is 11.8 Å². The summed E-state index contributed by atoms with van der Waals surface area (Å²) in [5.74, 6) is -0.847. The molecule has 126 valence electrons. The third-order valence-electron chi connectivity index (χ3n) is 3.89. The lowest BCUT2D eigenvalue weighted by Crippen LogP contribution is -2.34. The monoisotopic (exact) mass is 347 g/mol. The lowest BCUT2D eigenvalue weighted by Gasteiger charge is -2.24. The molecular weight excluding hydrogens is 330 g/mol. The number of nitrogens with one attached hydrogen (secondary N) is 1. The fourth-order valence-corrected chi connectivity index (χ4v) is 2.84. The lowest BCUT2D eigenvalue weighted by molar-refractivity contribution is -0.119. The quantitative estimate of drug-likeness (QED) is 0.568. The van der Waals surface area contributed by atoms with Gasteiger partial charge in [0, 0.05) is 0 Å². The summed E-state index contributed by atoms with van der Waals surface area (Å²) in [6.45, 7) is 0.154. The molecule has 0 radical (unpaired) electrons. The van der Waals surface area contributed by atoms with Crippen LogP contribution in [0.15, 0.2) is 48.5 Å². The second-order valence-corrected chi connectivity index (χ2v) is 5.34. The first kappa shape index (κ1) is 17.6. The molecule has 24 heavy (non-hydrogen) atoms. The summed E-state index contributed by atoms with van der Waals surface area (Å²) in [5.41, 5.74) is 12.8. The average Bonchev–Trinajstić information content (AvgIpc) is 3.00. The molecule has 0 bridgehead atoms. The molecule has 0 spiro atoms. The van der Waals surface area contributed by atoms with Gasteiger partial charge in [0.15, 0.2) is 11.5 Å². The minimum Gasteiger partial charge on any atom is -0.454 e. The summed E-state index contributed by atoms with van der Waals surface area (Å²) in [6.07, 6.45) is 0. The molecule has 0 aromatic heterocycles. The van der Waals surface area contributed by atoms with E-state index in [1.54, 1.807) is 30.3 Å². The number of fused-ring (bicyclic) bond motifs is 1. The summed E-state index contributed by atoms with van der Waals surface area (Å²) in [5, 5.41) is 7.96. The van der Waals surface area contributed by atoms with Gasteiger partial charge in [-0.15, -0.1) is 12.4 Å². The van der Waals surface area contributed by atoms with Crippen molar-refractivity contribution in [3.05, 3.63) is 59.7 Å². The number of halogens is 1. The Hall–Kier alpha value is -2.73. The summed E-state index contributed by atoms with van der Waals surface area (Å²) in [4.78, 5) is 12.1. The molecule has 2 aromatic carbocycles. The molecule has 1 amide bonds. The highest BCUT2D eigenvalue weighted by molar-refractivity contribution is 5.94. The Labute approximate surface area is 145 Å². The fourth-order valence-electron chi connectivity index (χ4n) is 2.84. The topological polar surface area (TPSA) is 111 Å². The molecule has 6 nitrogen and oxygen atoms in total. The molecule has 1 aliphatic rings. The molecular formula is C17H18ClN3O3. The summed E-state index contributed by atoms with van der Waals surface area (Å²) in [6, 6.07) is 14.4. The van der Waals surface area contributed by atoms with Crippen LogP contribution in [0.1, 0.15) is 23.0 Å². The molecule has 1 heterocycles. The van der Waals surface area contributed by atoms with Crippen LogP contribution >= 0.6 is 12.4 Å². The Morgan fingerprint density at radius 2 is 1.62 bits per heavy atom. The zero-order valence-corrected chi connectivity index (χ0v) is 13.6. The van der Waals surface area contributed by atoms with E-state index in [0.29, 0.717) is 17.1 Å². The number of carbonyl (C=O) groups excluding carboxylic acids is 1. The molecule has 0 saturated heterocycles. The number of carbonyl (C=O) groups is 1. The molecule has 7 heteroatoms. The molecule has 2 aromatic rings. The second-order valence-electron chi connectivity index (χ2n) is 5.34. The predicted molar refractivity (Wildman–Crippen MR) is 92.8 cm³/mol. The second kappa shape index (κ2) is 7.23. The number of ether oxygens (including phenoxy) is 2. The van der Waals surface area contributed by atoms with Crippen LogP contribution < -0.4 is 20.9 Å². The van der Waals surface area contributed by atoms with E-state index in [1.165, 1.54) is 0 Å². The number of nitrogens with two attached hydrogens (primary N) is 2. The van der Waals surface area contributed by atoms with Crippen LogP contribution in [0.3, 0.4) is 0 Å². The van der Waals surface area contributed by atoms with Gasteiger partial charge in [-0.1, -0.05) is 36.4 Å². The fraction of sp³-hybridized carbons (Fsp3) is 0.176. The first-order chi connectivity index (χ1) is 11.1. The van der Waals surface area contributed by atoms with Gasteiger partial charge in [0.1, 0.15) is 0 Å². The van der Waals surface area contributed by atoms with E-state index < -0.39 is 17.7 Å². The maximum Gasteiger partial charge on any atom is 0.231 e. The summed E-state index contributed by atoms with van der Waals surface area (Å²) >= 11 is 0. The van der Waals surface area contributed by atoms with Gasteiger partial charge in [0.05, 0.1) is 17.7 Å². The average molecular weight is 348 g/mol. The van der Waals surface area contributed by atoms with Gasteiger partial charge in [0.2, 0.25) is 12.7 Å². The molecule has 5 N–H and O–H groups in total. The van der Waals surface area contributed by atoms with E-state index in [1.807, 2.05) is 18.2 Å². The van der Waals surface area contributed by atoms with Gasteiger partial charge in [-0.2, -0.15) is 0 Å². The van der Waals surface area contributed by atoms with Crippen LogP contribution in [0.2, 0.25) is 0 Å². The van der Waals surface area contributed by atoms with Crippen molar-refractivity contribution in [3.63, 3.8) is 0 Å². The largest absolute Gasteiger partial charge is 0.454 e. The SMILES string of the molecule is Cl.N=C(N)C(c1ccc2c(c1)OCO2)C(C(N)=O)c1ccccc1. The molecule has 3 rings (SSSR count). The number of rotatable bonds is 5. The molecule has 0 fully saturated rings. The molecule has 0 aliphatic carbocycles. The Morgan fingerprint density at radius 1 is 0.958 bits per heavy atom. The minimum atomic E-state index is -0.728. The van der Waals surface area contributed by atoms with E-state index in [0.717, 1.165) is 5.56 Å². The van der Waals surface area contributed by atoms with Crippen LogP contribution in [-0.2, 0) is 4.79 Å². The number of amidine groups is 1. The summed E-state index contributed by atoms with van der Waals surface area (Å²) < 4.78 is 10.7. The minimum absolute atomic E-state index is 0. The Balaban J connectivity index is 0.00000208. The van der Waals surface area contributed by atoms with Crippen molar-refractivity contribution in [1.82, 2.24) is 0 Å². The molecule has 2 unspecified atom stereocenters. The first-order valence-electron chi connectivity index (χ1n) is 7.15. The van der Waals surface area contributed by atoms with E-state index in [2.05, 4.69) is 0 Å². The molecule has 1 aliphatic heterocycles. The van der Waals surface area contributed by atoms with Crippen LogP contribution in [0.4, 0.5) is 0 Å². The van der Waals surface area contributed by atoms with Gasteiger partial charge < -0.3 is 20.9 Å². The van der Waals surface area contributed by atoms with Crippen LogP contribution in [0.25, 0.3) is 0 Å².